The third kappa shape index (κ3) is 4.06. The van der Waals surface area contributed by atoms with E-state index >= 15 is 0 Å². The summed E-state index contributed by atoms with van der Waals surface area (Å²) in [5.74, 6) is -0.768. The molecule has 0 aliphatic carbocycles. The first kappa shape index (κ1) is 16.0. The molecule has 1 aliphatic rings. The average molecular weight is 342 g/mol. The Morgan fingerprint density at radius 3 is 2.95 bits per heavy atom. The number of halogens is 1. The van der Waals surface area contributed by atoms with Gasteiger partial charge in [0.25, 0.3) is 5.91 Å². The van der Waals surface area contributed by atoms with E-state index in [4.69, 9.17) is 28.6 Å². The first-order valence-corrected chi connectivity index (χ1v) is 7.78. The summed E-state index contributed by atoms with van der Waals surface area (Å²) in [5, 5.41) is 0.589. The molecule has 1 aromatic rings. The molecule has 1 aromatic carbocycles. The van der Waals surface area contributed by atoms with Gasteiger partial charge in [0.05, 0.1) is 11.5 Å². The second kappa shape index (κ2) is 7.06. The zero-order chi connectivity index (χ0) is 15.4. The number of hydrogen-bond donors (Lipinski definition) is 0. The lowest BCUT2D eigenvalue weighted by Crippen LogP contribution is -2.34. The van der Waals surface area contributed by atoms with Gasteiger partial charge in [-0.1, -0.05) is 47.7 Å². The highest BCUT2D eigenvalue weighted by molar-refractivity contribution is 8.26. The van der Waals surface area contributed by atoms with Crippen LogP contribution in [-0.4, -0.2) is 34.2 Å². The number of rotatable bonds is 4. The number of carbonyl (C=O) groups excluding carboxylic acids is 2. The summed E-state index contributed by atoms with van der Waals surface area (Å²) >= 11 is 12.2. The number of carbonyl (C=O) groups is 2. The van der Waals surface area contributed by atoms with Crippen LogP contribution < -0.4 is 0 Å². The lowest BCUT2D eigenvalue weighted by atomic mass is 10.2. The van der Waals surface area contributed by atoms with E-state index in [1.165, 1.54) is 4.90 Å². The van der Waals surface area contributed by atoms with Crippen LogP contribution in [0.25, 0.3) is 6.08 Å². The van der Waals surface area contributed by atoms with Gasteiger partial charge in [-0.15, -0.1) is 0 Å². The Morgan fingerprint density at radius 1 is 1.52 bits per heavy atom. The molecule has 0 unspecified atom stereocenters. The van der Waals surface area contributed by atoms with E-state index in [2.05, 4.69) is 0 Å². The lowest BCUT2D eigenvalue weighted by molar-refractivity contribution is -0.145. The normalized spacial score (nSPS) is 16.7. The molecule has 1 saturated heterocycles. The first-order valence-electron chi connectivity index (χ1n) is 6.18. The van der Waals surface area contributed by atoms with Crippen molar-refractivity contribution in [1.29, 1.82) is 0 Å². The van der Waals surface area contributed by atoms with Gasteiger partial charge in [-0.3, -0.25) is 14.5 Å². The van der Waals surface area contributed by atoms with Crippen molar-refractivity contribution in [3.8, 4) is 0 Å². The average Bonchev–Trinajstić information content (AvgIpc) is 2.67. The number of ether oxygens (including phenoxy) is 1. The number of nitrogens with zero attached hydrogens (tertiary/aromatic N) is 1. The van der Waals surface area contributed by atoms with Gasteiger partial charge in [-0.2, -0.15) is 0 Å². The van der Waals surface area contributed by atoms with Crippen LogP contribution in [0.1, 0.15) is 12.5 Å². The fourth-order valence-corrected chi connectivity index (χ4v) is 3.17. The molecule has 0 N–H and O–H groups in total. The van der Waals surface area contributed by atoms with E-state index in [9.17, 15) is 9.59 Å². The number of thiocarbonyl (C=S) groups is 1. The summed E-state index contributed by atoms with van der Waals surface area (Å²) in [6, 6.07) is 7.14. The molecule has 2 rings (SSSR count). The zero-order valence-corrected chi connectivity index (χ0v) is 13.6. The van der Waals surface area contributed by atoms with Crippen LogP contribution in [0.3, 0.4) is 0 Å². The minimum Gasteiger partial charge on any atom is -0.465 e. The van der Waals surface area contributed by atoms with Gasteiger partial charge in [-0.05, 0) is 30.7 Å². The Labute approximate surface area is 137 Å². The van der Waals surface area contributed by atoms with Crippen molar-refractivity contribution in [2.24, 2.45) is 0 Å². The van der Waals surface area contributed by atoms with Gasteiger partial charge in [0.2, 0.25) is 0 Å². The monoisotopic (exact) mass is 341 g/mol. The van der Waals surface area contributed by atoms with Crippen LogP contribution >= 0.6 is 35.6 Å². The molecule has 0 atom stereocenters. The first-order chi connectivity index (χ1) is 10.0. The van der Waals surface area contributed by atoms with Crippen LogP contribution in [0.2, 0.25) is 5.02 Å². The fraction of sp³-hybridized carbons (Fsp3) is 0.214. The molecule has 0 saturated carbocycles. The SMILES string of the molecule is CCOC(=O)CN1C(=O)C(=Cc2cccc(Cl)c2)SC1=S. The molecule has 1 amide bonds. The molecule has 0 bridgehead atoms. The molecule has 110 valence electrons. The molecule has 7 heteroatoms. The lowest BCUT2D eigenvalue weighted by Gasteiger charge is -2.12. The Morgan fingerprint density at radius 2 is 2.29 bits per heavy atom. The van der Waals surface area contributed by atoms with E-state index < -0.39 is 5.97 Å². The zero-order valence-electron chi connectivity index (χ0n) is 11.2. The van der Waals surface area contributed by atoms with Crippen molar-refractivity contribution in [3.05, 3.63) is 39.8 Å². The Hall–Kier alpha value is -1.37. The van der Waals surface area contributed by atoms with Crippen molar-refractivity contribution in [1.82, 2.24) is 4.90 Å². The van der Waals surface area contributed by atoms with E-state index in [-0.39, 0.29) is 19.1 Å². The van der Waals surface area contributed by atoms with E-state index in [0.29, 0.717) is 14.2 Å². The topological polar surface area (TPSA) is 46.6 Å². The van der Waals surface area contributed by atoms with Crippen molar-refractivity contribution in [3.63, 3.8) is 0 Å². The number of benzene rings is 1. The highest BCUT2D eigenvalue weighted by Gasteiger charge is 2.33. The van der Waals surface area contributed by atoms with E-state index in [0.717, 1.165) is 17.3 Å². The molecule has 21 heavy (non-hydrogen) atoms. The second-order valence-electron chi connectivity index (χ2n) is 4.13. The van der Waals surface area contributed by atoms with Gasteiger partial charge >= 0.3 is 5.97 Å². The van der Waals surface area contributed by atoms with Crippen molar-refractivity contribution < 1.29 is 14.3 Å². The number of thioether (sulfide) groups is 1. The third-order valence-electron chi connectivity index (χ3n) is 2.61. The Bertz CT molecular complexity index is 630. The molecule has 0 spiro atoms. The summed E-state index contributed by atoms with van der Waals surface area (Å²) in [6.07, 6.45) is 1.70. The van der Waals surface area contributed by atoms with Gasteiger partial charge in [-0.25, -0.2) is 0 Å². The maximum atomic E-state index is 12.3. The van der Waals surface area contributed by atoms with Gasteiger partial charge < -0.3 is 4.74 Å². The summed E-state index contributed by atoms with van der Waals surface area (Å²) in [7, 11) is 0. The summed E-state index contributed by atoms with van der Waals surface area (Å²) in [5.41, 5.74) is 0.805. The third-order valence-corrected chi connectivity index (χ3v) is 4.23. The Balaban J connectivity index is 2.16. The molecule has 0 aromatic heterocycles. The highest BCUT2D eigenvalue weighted by atomic mass is 35.5. The molecule has 0 radical (unpaired) electrons. The smallest absolute Gasteiger partial charge is 0.326 e. The molecule has 1 aliphatic heterocycles. The van der Waals surface area contributed by atoms with Crippen LogP contribution in [0.15, 0.2) is 29.2 Å². The summed E-state index contributed by atoms with van der Waals surface area (Å²) in [4.78, 5) is 25.4. The fourth-order valence-electron chi connectivity index (χ4n) is 1.72. The predicted octanol–water partition coefficient (Wildman–Crippen LogP) is 3.10. The number of hydrogen-bond acceptors (Lipinski definition) is 5. The summed E-state index contributed by atoms with van der Waals surface area (Å²) in [6.45, 7) is 1.82. The molecule has 1 heterocycles. The predicted molar refractivity (Wildman–Crippen MR) is 88.0 cm³/mol. The minimum absolute atomic E-state index is 0.161. The number of amides is 1. The standard InChI is InChI=1S/C14H12ClNO3S2/c1-2-19-12(17)8-16-13(18)11(21-14(16)20)7-9-4-3-5-10(15)6-9/h3-7H,2,8H2,1H3. The van der Waals surface area contributed by atoms with Crippen LogP contribution in [-0.2, 0) is 14.3 Å². The highest BCUT2D eigenvalue weighted by Crippen LogP contribution is 2.32. The maximum Gasteiger partial charge on any atom is 0.326 e. The summed E-state index contributed by atoms with van der Waals surface area (Å²) < 4.78 is 5.18. The number of esters is 1. The molecule has 1 fully saturated rings. The van der Waals surface area contributed by atoms with E-state index in [1.807, 2.05) is 6.07 Å². The van der Waals surface area contributed by atoms with Crippen molar-refractivity contribution >= 4 is 57.9 Å². The van der Waals surface area contributed by atoms with Crippen LogP contribution in [0.4, 0.5) is 0 Å². The minimum atomic E-state index is -0.474. The van der Waals surface area contributed by atoms with Gasteiger partial charge in [0.1, 0.15) is 10.9 Å². The van der Waals surface area contributed by atoms with Gasteiger partial charge in [0.15, 0.2) is 0 Å². The molecular weight excluding hydrogens is 330 g/mol. The second-order valence-corrected chi connectivity index (χ2v) is 6.24. The van der Waals surface area contributed by atoms with Gasteiger partial charge in [0, 0.05) is 5.02 Å². The van der Waals surface area contributed by atoms with Crippen molar-refractivity contribution in [2.75, 3.05) is 13.2 Å². The van der Waals surface area contributed by atoms with E-state index in [1.54, 1.807) is 31.2 Å². The maximum absolute atomic E-state index is 12.3. The molecule has 4 nitrogen and oxygen atoms in total. The van der Waals surface area contributed by atoms with Crippen LogP contribution in [0.5, 0.6) is 0 Å². The largest absolute Gasteiger partial charge is 0.465 e. The Kier molecular flexibility index (Phi) is 5.39. The quantitative estimate of drug-likeness (QED) is 0.478. The van der Waals surface area contributed by atoms with Crippen LogP contribution in [0, 0.1) is 0 Å². The molecular formula is C14H12ClNO3S2. The van der Waals surface area contributed by atoms with Crippen molar-refractivity contribution in [2.45, 2.75) is 6.92 Å².